The number of aliphatic carboxylic acids is 1. The lowest BCUT2D eigenvalue weighted by Crippen LogP contribution is -2.44. The highest BCUT2D eigenvalue weighted by molar-refractivity contribution is 5.70. The molecule has 0 saturated carbocycles. The number of carbonyl (C=O) groups is 1. The molecule has 2 rings (SSSR count). The van der Waals surface area contributed by atoms with Crippen molar-refractivity contribution >= 4 is 5.97 Å². The molecule has 110 valence electrons. The molecule has 2 unspecified atom stereocenters. The molecule has 5 heteroatoms. The van der Waals surface area contributed by atoms with Crippen molar-refractivity contribution in [1.29, 1.82) is 0 Å². The van der Waals surface area contributed by atoms with Crippen LogP contribution in [-0.2, 0) is 11.2 Å². The van der Waals surface area contributed by atoms with E-state index in [1.54, 1.807) is 6.07 Å². The topological polar surface area (TPSA) is 40.5 Å². The third kappa shape index (κ3) is 3.54. The van der Waals surface area contributed by atoms with E-state index < -0.39 is 17.6 Å². The van der Waals surface area contributed by atoms with Gasteiger partial charge in [-0.2, -0.15) is 0 Å². The van der Waals surface area contributed by atoms with Gasteiger partial charge in [-0.05, 0) is 50.4 Å². The van der Waals surface area contributed by atoms with Crippen LogP contribution in [-0.4, -0.2) is 35.1 Å². The zero-order valence-corrected chi connectivity index (χ0v) is 11.5. The fourth-order valence-corrected chi connectivity index (χ4v) is 2.75. The SMILES string of the molecule is CC(Cc1ccc(F)c(F)c1)N1CCCC(C(=O)O)C1. The van der Waals surface area contributed by atoms with Crippen molar-refractivity contribution in [3.63, 3.8) is 0 Å². The van der Waals surface area contributed by atoms with Gasteiger partial charge in [0.15, 0.2) is 11.6 Å². The van der Waals surface area contributed by atoms with Crippen LogP contribution in [0.1, 0.15) is 25.3 Å². The van der Waals surface area contributed by atoms with Crippen LogP contribution >= 0.6 is 0 Å². The molecule has 0 aromatic heterocycles. The number of likely N-dealkylation sites (tertiary alicyclic amines) is 1. The van der Waals surface area contributed by atoms with Gasteiger partial charge < -0.3 is 5.11 Å². The van der Waals surface area contributed by atoms with Crippen molar-refractivity contribution in [1.82, 2.24) is 4.90 Å². The molecule has 1 aromatic carbocycles. The highest BCUT2D eigenvalue weighted by atomic mass is 19.2. The number of piperidine rings is 1. The third-order valence-electron chi connectivity index (χ3n) is 3.94. The zero-order valence-electron chi connectivity index (χ0n) is 11.5. The van der Waals surface area contributed by atoms with Crippen LogP contribution in [0.5, 0.6) is 0 Å². The first kappa shape index (κ1) is 14.9. The van der Waals surface area contributed by atoms with Crippen molar-refractivity contribution in [3.8, 4) is 0 Å². The van der Waals surface area contributed by atoms with Gasteiger partial charge in [-0.1, -0.05) is 6.07 Å². The van der Waals surface area contributed by atoms with Crippen LogP contribution in [0.3, 0.4) is 0 Å². The van der Waals surface area contributed by atoms with E-state index in [0.29, 0.717) is 19.4 Å². The third-order valence-corrected chi connectivity index (χ3v) is 3.94. The van der Waals surface area contributed by atoms with Crippen LogP contribution in [0.4, 0.5) is 8.78 Å². The van der Waals surface area contributed by atoms with Gasteiger partial charge in [0.2, 0.25) is 0 Å². The molecule has 0 bridgehead atoms. The van der Waals surface area contributed by atoms with E-state index in [0.717, 1.165) is 24.6 Å². The number of rotatable bonds is 4. The molecule has 1 N–H and O–H groups in total. The summed E-state index contributed by atoms with van der Waals surface area (Å²) in [5.74, 6) is -2.76. The molecule has 1 aliphatic heterocycles. The summed E-state index contributed by atoms with van der Waals surface area (Å²) in [6.45, 7) is 3.38. The number of halogens is 2. The molecule has 2 atom stereocenters. The molecule has 1 heterocycles. The minimum Gasteiger partial charge on any atom is -0.481 e. The normalized spacial score (nSPS) is 21.6. The van der Waals surface area contributed by atoms with Gasteiger partial charge in [0, 0.05) is 12.6 Å². The van der Waals surface area contributed by atoms with Crippen molar-refractivity contribution in [2.24, 2.45) is 5.92 Å². The van der Waals surface area contributed by atoms with Gasteiger partial charge in [0.1, 0.15) is 0 Å². The van der Waals surface area contributed by atoms with Gasteiger partial charge in [0.05, 0.1) is 5.92 Å². The molecule has 20 heavy (non-hydrogen) atoms. The Bertz CT molecular complexity index is 493. The van der Waals surface area contributed by atoms with Crippen LogP contribution in [0.15, 0.2) is 18.2 Å². The Labute approximate surface area is 117 Å². The zero-order chi connectivity index (χ0) is 14.7. The van der Waals surface area contributed by atoms with Crippen molar-refractivity contribution in [2.75, 3.05) is 13.1 Å². The Morgan fingerprint density at radius 2 is 2.20 bits per heavy atom. The Balaban J connectivity index is 1.98. The fraction of sp³-hybridized carbons (Fsp3) is 0.533. The van der Waals surface area contributed by atoms with Crippen LogP contribution in [0.25, 0.3) is 0 Å². The first-order chi connectivity index (χ1) is 9.47. The molecule has 1 aliphatic rings. The largest absolute Gasteiger partial charge is 0.481 e. The first-order valence-corrected chi connectivity index (χ1v) is 6.88. The second kappa shape index (κ2) is 6.31. The molecule has 1 saturated heterocycles. The van der Waals surface area contributed by atoms with Crippen LogP contribution in [0, 0.1) is 17.6 Å². The molecule has 1 fully saturated rings. The minimum atomic E-state index is -0.842. The van der Waals surface area contributed by atoms with E-state index in [2.05, 4.69) is 4.90 Å². The van der Waals surface area contributed by atoms with E-state index in [9.17, 15) is 13.6 Å². The number of nitrogens with zero attached hydrogens (tertiary/aromatic N) is 1. The summed E-state index contributed by atoms with van der Waals surface area (Å²) in [5.41, 5.74) is 0.730. The number of hydrogen-bond donors (Lipinski definition) is 1. The maximum absolute atomic E-state index is 13.2. The molecular formula is C15H19F2NO2. The summed E-state index contributed by atoms with van der Waals surface area (Å²) in [4.78, 5) is 13.2. The average molecular weight is 283 g/mol. The Morgan fingerprint density at radius 3 is 2.85 bits per heavy atom. The van der Waals surface area contributed by atoms with E-state index in [1.807, 2.05) is 6.92 Å². The van der Waals surface area contributed by atoms with E-state index in [1.165, 1.54) is 6.07 Å². The van der Waals surface area contributed by atoms with Gasteiger partial charge in [0.25, 0.3) is 0 Å². The summed E-state index contributed by atoms with van der Waals surface area (Å²) >= 11 is 0. The number of hydrogen-bond acceptors (Lipinski definition) is 2. The Kier molecular flexibility index (Phi) is 4.70. The number of carboxylic acids is 1. The summed E-state index contributed by atoms with van der Waals surface area (Å²) in [7, 11) is 0. The van der Waals surface area contributed by atoms with Gasteiger partial charge in [-0.25, -0.2) is 8.78 Å². The molecule has 1 aromatic rings. The highest BCUT2D eigenvalue weighted by Crippen LogP contribution is 2.21. The standard InChI is InChI=1S/C15H19F2NO2/c1-10(7-11-4-5-13(16)14(17)8-11)18-6-2-3-12(9-18)15(19)20/h4-5,8,10,12H,2-3,6-7,9H2,1H3,(H,19,20). The highest BCUT2D eigenvalue weighted by Gasteiger charge is 2.27. The number of carboxylic acid groups (broad SMARTS) is 1. The van der Waals surface area contributed by atoms with Gasteiger partial charge in [-0.15, -0.1) is 0 Å². The fourth-order valence-electron chi connectivity index (χ4n) is 2.75. The van der Waals surface area contributed by atoms with E-state index in [4.69, 9.17) is 5.11 Å². The van der Waals surface area contributed by atoms with Gasteiger partial charge in [-0.3, -0.25) is 9.69 Å². The Hall–Kier alpha value is -1.49. The Morgan fingerprint density at radius 1 is 1.45 bits per heavy atom. The predicted molar refractivity (Wildman–Crippen MR) is 71.5 cm³/mol. The van der Waals surface area contributed by atoms with Crippen LogP contribution in [0.2, 0.25) is 0 Å². The summed E-state index contributed by atoms with van der Waals surface area (Å²) in [5, 5.41) is 9.08. The summed E-state index contributed by atoms with van der Waals surface area (Å²) < 4.78 is 26.1. The minimum absolute atomic E-state index is 0.113. The molecule has 0 aliphatic carbocycles. The van der Waals surface area contributed by atoms with Crippen LogP contribution < -0.4 is 0 Å². The average Bonchev–Trinajstić information content (AvgIpc) is 2.43. The number of benzene rings is 1. The van der Waals surface area contributed by atoms with Crippen molar-refractivity contribution in [2.45, 2.75) is 32.2 Å². The second-order valence-electron chi connectivity index (χ2n) is 5.47. The lowest BCUT2D eigenvalue weighted by molar-refractivity contribution is -0.143. The smallest absolute Gasteiger partial charge is 0.307 e. The van der Waals surface area contributed by atoms with Gasteiger partial charge >= 0.3 is 5.97 Å². The molecular weight excluding hydrogens is 264 g/mol. The molecule has 0 spiro atoms. The maximum Gasteiger partial charge on any atom is 0.307 e. The predicted octanol–water partition coefficient (Wildman–Crippen LogP) is 2.69. The van der Waals surface area contributed by atoms with E-state index in [-0.39, 0.29) is 12.0 Å². The van der Waals surface area contributed by atoms with E-state index >= 15 is 0 Å². The summed E-state index contributed by atoms with van der Waals surface area (Å²) in [6.07, 6.45) is 2.16. The van der Waals surface area contributed by atoms with Crippen molar-refractivity contribution in [3.05, 3.63) is 35.4 Å². The second-order valence-corrected chi connectivity index (χ2v) is 5.47. The lowest BCUT2D eigenvalue weighted by Gasteiger charge is -2.35. The summed E-state index contributed by atoms with van der Waals surface area (Å²) in [6, 6.07) is 4.04. The quantitative estimate of drug-likeness (QED) is 0.923. The lowest BCUT2D eigenvalue weighted by atomic mass is 9.95. The van der Waals surface area contributed by atoms with Crippen molar-refractivity contribution < 1.29 is 18.7 Å². The monoisotopic (exact) mass is 283 g/mol. The first-order valence-electron chi connectivity index (χ1n) is 6.88. The molecule has 0 radical (unpaired) electrons. The maximum atomic E-state index is 13.2. The molecule has 3 nitrogen and oxygen atoms in total. The molecule has 0 amide bonds.